The highest BCUT2D eigenvalue weighted by Gasteiger charge is 2.15. The summed E-state index contributed by atoms with van der Waals surface area (Å²) in [7, 11) is 5.65. The highest BCUT2D eigenvalue weighted by atomic mass is 127. The van der Waals surface area contributed by atoms with E-state index in [9.17, 15) is 0 Å². The van der Waals surface area contributed by atoms with Crippen LogP contribution in [0.3, 0.4) is 0 Å². The maximum atomic E-state index is 5.43. The van der Waals surface area contributed by atoms with Crippen LogP contribution in [0.5, 0.6) is 5.75 Å². The molecule has 1 heterocycles. The first kappa shape index (κ1) is 22.0. The Labute approximate surface area is 169 Å². The van der Waals surface area contributed by atoms with Gasteiger partial charge in [0.05, 0.1) is 7.11 Å². The molecule has 0 aromatic heterocycles. The Bertz CT molecular complexity index is 502. The molecule has 142 valence electrons. The second-order valence-corrected chi connectivity index (χ2v) is 6.34. The van der Waals surface area contributed by atoms with Gasteiger partial charge in [-0.2, -0.15) is 0 Å². The maximum Gasteiger partial charge on any atom is 0.193 e. The lowest BCUT2D eigenvalue weighted by atomic mass is 9.96. The lowest BCUT2D eigenvalue weighted by Gasteiger charge is -2.26. The summed E-state index contributed by atoms with van der Waals surface area (Å²) in [6.45, 7) is 3.75. The van der Waals surface area contributed by atoms with Crippen molar-refractivity contribution in [3.63, 3.8) is 0 Å². The van der Waals surface area contributed by atoms with E-state index in [1.807, 2.05) is 19.2 Å². The van der Waals surface area contributed by atoms with Crippen LogP contribution in [-0.2, 0) is 11.2 Å². The lowest BCUT2D eigenvalue weighted by Crippen LogP contribution is -2.40. The molecule has 0 amide bonds. The molecule has 0 spiro atoms. The number of guanidine groups is 1. The Balaban J connectivity index is 0.00000312. The average Bonchev–Trinajstić information content (AvgIpc) is 2.64. The zero-order valence-corrected chi connectivity index (χ0v) is 18.0. The third-order valence-corrected chi connectivity index (χ3v) is 4.64. The Hall–Kier alpha value is -1.02. The van der Waals surface area contributed by atoms with Crippen LogP contribution in [0.25, 0.3) is 0 Å². The van der Waals surface area contributed by atoms with Crippen molar-refractivity contribution in [1.82, 2.24) is 10.2 Å². The van der Waals surface area contributed by atoms with E-state index in [1.165, 1.54) is 24.8 Å². The summed E-state index contributed by atoms with van der Waals surface area (Å²) in [5.74, 6) is 2.66. The Morgan fingerprint density at radius 3 is 2.56 bits per heavy atom. The minimum absolute atomic E-state index is 0. The quantitative estimate of drug-likeness (QED) is 0.385. The van der Waals surface area contributed by atoms with Gasteiger partial charge >= 0.3 is 0 Å². The van der Waals surface area contributed by atoms with E-state index in [-0.39, 0.29) is 24.0 Å². The summed E-state index contributed by atoms with van der Waals surface area (Å²) in [6, 6.07) is 8.23. The molecule has 6 heteroatoms. The van der Waals surface area contributed by atoms with E-state index in [2.05, 4.69) is 34.4 Å². The fourth-order valence-electron chi connectivity index (χ4n) is 3.01. The molecule has 1 fully saturated rings. The molecule has 0 aliphatic carbocycles. The SMILES string of the molecule is CN=C(NCCc1ccc(OC)cc1)N(C)CCC1CCOCC1.I. The Kier molecular flexibility index (Phi) is 10.9. The third-order valence-electron chi connectivity index (χ3n) is 4.64. The normalized spacial score (nSPS) is 15.4. The van der Waals surface area contributed by atoms with E-state index in [4.69, 9.17) is 9.47 Å². The number of hydrogen-bond acceptors (Lipinski definition) is 3. The van der Waals surface area contributed by atoms with Crippen molar-refractivity contribution < 1.29 is 9.47 Å². The number of rotatable bonds is 7. The monoisotopic (exact) mass is 461 g/mol. The zero-order valence-electron chi connectivity index (χ0n) is 15.7. The van der Waals surface area contributed by atoms with E-state index in [0.717, 1.165) is 50.4 Å². The molecular weight excluding hydrogens is 429 g/mol. The molecule has 1 aliphatic heterocycles. The van der Waals surface area contributed by atoms with Crippen molar-refractivity contribution in [2.75, 3.05) is 47.5 Å². The zero-order chi connectivity index (χ0) is 17.2. The van der Waals surface area contributed by atoms with Gasteiger partial charge in [0.1, 0.15) is 5.75 Å². The largest absolute Gasteiger partial charge is 0.497 e. The minimum atomic E-state index is 0. The van der Waals surface area contributed by atoms with Crippen LogP contribution in [0.2, 0.25) is 0 Å². The molecule has 0 radical (unpaired) electrons. The third kappa shape index (κ3) is 7.81. The molecule has 1 aromatic rings. The van der Waals surface area contributed by atoms with Crippen LogP contribution in [0.4, 0.5) is 0 Å². The van der Waals surface area contributed by atoms with Crippen LogP contribution in [-0.4, -0.2) is 58.4 Å². The Morgan fingerprint density at radius 2 is 1.96 bits per heavy atom. The van der Waals surface area contributed by atoms with Gasteiger partial charge in [0.15, 0.2) is 5.96 Å². The maximum absolute atomic E-state index is 5.43. The molecule has 2 rings (SSSR count). The average molecular weight is 461 g/mol. The molecule has 1 saturated heterocycles. The topological polar surface area (TPSA) is 46.1 Å². The van der Waals surface area contributed by atoms with Gasteiger partial charge in [0.2, 0.25) is 0 Å². The number of methoxy groups -OCH3 is 1. The lowest BCUT2D eigenvalue weighted by molar-refractivity contribution is 0.0625. The number of nitrogens with one attached hydrogen (secondary N) is 1. The highest BCUT2D eigenvalue weighted by molar-refractivity contribution is 14.0. The number of nitrogens with zero attached hydrogens (tertiary/aromatic N) is 2. The van der Waals surface area contributed by atoms with E-state index >= 15 is 0 Å². The number of ether oxygens (including phenoxy) is 2. The fourth-order valence-corrected chi connectivity index (χ4v) is 3.01. The molecule has 5 nitrogen and oxygen atoms in total. The van der Waals surface area contributed by atoms with Crippen molar-refractivity contribution >= 4 is 29.9 Å². The van der Waals surface area contributed by atoms with Crippen molar-refractivity contribution in [3.05, 3.63) is 29.8 Å². The molecule has 0 bridgehead atoms. The van der Waals surface area contributed by atoms with E-state index < -0.39 is 0 Å². The predicted molar refractivity (Wildman–Crippen MR) is 114 cm³/mol. The Morgan fingerprint density at radius 1 is 1.28 bits per heavy atom. The number of aliphatic imine (C=N–C) groups is 1. The van der Waals surface area contributed by atoms with Crippen LogP contribution in [0, 0.1) is 5.92 Å². The van der Waals surface area contributed by atoms with Crippen molar-refractivity contribution in [2.45, 2.75) is 25.7 Å². The number of benzene rings is 1. The van der Waals surface area contributed by atoms with Gasteiger partial charge in [0, 0.05) is 40.4 Å². The van der Waals surface area contributed by atoms with Gasteiger partial charge in [-0.3, -0.25) is 4.99 Å². The summed E-state index contributed by atoms with van der Waals surface area (Å²) in [4.78, 5) is 6.62. The van der Waals surface area contributed by atoms with Gasteiger partial charge in [0.25, 0.3) is 0 Å². The van der Waals surface area contributed by atoms with Crippen molar-refractivity contribution in [1.29, 1.82) is 0 Å². The molecule has 1 aromatic carbocycles. The number of halogens is 1. The van der Waals surface area contributed by atoms with Crippen molar-refractivity contribution in [2.24, 2.45) is 10.9 Å². The first-order chi connectivity index (χ1) is 11.7. The second-order valence-electron chi connectivity index (χ2n) is 6.34. The molecule has 0 unspecified atom stereocenters. The molecule has 1 aliphatic rings. The highest BCUT2D eigenvalue weighted by Crippen LogP contribution is 2.18. The van der Waals surface area contributed by atoms with Crippen LogP contribution in [0.1, 0.15) is 24.8 Å². The van der Waals surface area contributed by atoms with Gasteiger partial charge < -0.3 is 19.7 Å². The molecular formula is C19H32IN3O2. The molecule has 0 saturated carbocycles. The van der Waals surface area contributed by atoms with Crippen LogP contribution < -0.4 is 10.1 Å². The van der Waals surface area contributed by atoms with Crippen LogP contribution in [0.15, 0.2) is 29.3 Å². The summed E-state index contributed by atoms with van der Waals surface area (Å²) in [5.41, 5.74) is 1.30. The predicted octanol–water partition coefficient (Wildman–Crippen LogP) is 3.18. The van der Waals surface area contributed by atoms with E-state index in [1.54, 1.807) is 7.11 Å². The summed E-state index contributed by atoms with van der Waals surface area (Å²) >= 11 is 0. The fraction of sp³-hybridized carbons (Fsp3) is 0.632. The number of hydrogen-bond donors (Lipinski definition) is 1. The second kappa shape index (κ2) is 12.4. The molecule has 1 N–H and O–H groups in total. The minimum Gasteiger partial charge on any atom is -0.497 e. The van der Waals surface area contributed by atoms with Gasteiger partial charge in [-0.25, -0.2) is 0 Å². The molecule has 25 heavy (non-hydrogen) atoms. The summed E-state index contributed by atoms with van der Waals surface area (Å²) < 4.78 is 10.6. The smallest absolute Gasteiger partial charge is 0.193 e. The van der Waals surface area contributed by atoms with E-state index in [0.29, 0.717) is 0 Å². The van der Waals surface area contributed by atoms with Gasteiger partial charge in [-0.05, 0) is 49.3 Å². The summed E-state index contributed by atoms with van der Waals surface area (Å²) in [5, 5.41) is 3.45. The standard InChI is InChI=1S/C19H31N3O2.HI/c1-20-19(22(2)13-9-17-10-14-24-15-11-17)21-12-8-16-4-6-18(23-3)7-5-16;/h4-7,17H,8-15H2,1-3H3,(H,20,21);1H. The summed E-state index contributed by atoms with van der Waals surface area (Å²) in [6.07, 6.45) is 4.56. The first-order valence-corrected chi connectivity index (χ1v) is 8.85. The molecule has 0 atom stereocenters. The van der Waals surface area contributed by atoms with Crippen LogP contribution >= 0.6 is 24.0 Å². The van der Waals surface area contributed by atoms with Gasteiger partial charge in [-0.1, -0.05) is 12.1 Å². The first-order valence-electron chi connectivity index (χ1n) is 8.85. The van der Waals surface area contributed by atoms with Gasteiger partial charge in [-0.15, -0.1) is 24.0 Å². The van der Waals surface area contributed by atoms with Crippen molar-refractivity contribution in [3.8, 4) is 5.75 Å².